The van der Waals surface area contributed by atoms with Gasteiger partial charge < -0.3 is 20.4 Å². The molecule has 0 aliphatic carbocycles. The molecule has 0 aromatic carbocycles. The Hall–Kier alpha value is -1.08. The number of hydrogen-bond donors (Lipinski definition) is 4. The SMILES string of the molecule is CCC(O)(O)C(O)(O)c1cnccn1. The molecule has 0 radical (unpaired) electrons. The Kier molecular flexibility index (Phi) is 2.81. The molecule has 0 aliphatic rings. The van der Waals surface area contributed by atoms with E-state index in [1.807, 2.05) is 0 Å². The molecule has 14 heavy (non-hydrogen) atoms. The van der Waals surface area contributed by atoms with Gasteiger partial charge in [-0.05, 0) is 0 Å². The molecule has 6 heteroatoms. The van der Waals surface area contributed by atoms with Gasteiger partial charge >= 0.3 is 0 Å². The van der Waals surface area contributed by atoms with Crippen molar-refractivity contribution in [2.45, 2.75) is 24.9 Å². The maximum atomic E-state index is 9.47. The maximum Gasteiger partial charge on any atom is 0.264 e. The lowest BCUT2D eigenvalue weighted by Gasteiger charge is -2.33. The number of rotatable bonds is 3. The molecule has 1 rings (SSSR count). The van der Waals surface area contributed by atoms with Crippen LogP contribution in [0.1, 0.15) is 19.0 Å². The van der Waals surface area contributed by atoms with E-state index in [2.05, 4.69) is 9.97 Å². The Morgan fingerprint density at radius 1 is 1.21 bits per heavy atom. The fraction of sp³-hybridized carbons (Fsp3) is 0.500. The number of nitrogens with zero attached hydrogens (tertiary/aromatic N) is 2. The summed E-state index contributed by atoms with van der Waals surface area (Å²) < 4.78 is 0. The molecule has 6 nitrogen and oxygen atoms in total. The molecular weight excluding hydrogens is 188 g/mol. The van der Waals surface area contributed by atoms with E-state index in [4.69, 9.17) is 0 Å². The second kappa shape index (κ2) is 3.58. The zero-order chi connectivity index (χ0) is 10.8. The molecule has 0 saturated carbocycles. The van der Waals surface area contributed by atoms with Gasteiger partial charge in [-0.3, -0.25) is 9.97 Å². The topological polar surface area (TPSA) is 107 Å². The Labute approximate surface area is 80.5 Å². The third kappa shape index (κ3) is 1.73. The van der Waals surface area contributed by atoms with Crippen LogP contribution in [0.4, 0.5) is 0 Å². The third-order valence-corrected chi connectivity index (χ3v) is 1.97. The minimum Gasteiger partial charge on any atom is -0.361 e. The molecule has 4 N–H and O–H groups in total. The van der Waals surface area contributed by atoms with Crippen molar-refractivity contribution >= 4 is 0 Å². The molecule has 78 valence electrons. The first-order valence-electron chi connectivity index (χ1n) is 4.08. The predicted octanol–water partition coefficient (Wildman–Crippen LogP) is -1.30. The second-order valence-electron chi connectivity index (χ2n) is 2.93. The minimum absolute atomic E-state index is 0.253. The summed E-state index contributed by atoms with van der Waals surface area (Å²) in [6.07, 6.45) is 3.36. The lowest BCUT2D eigenvalue weighted by Crippen LogP contribution is -2.52. The molecule has 1 aromatic heterocycles. The van der Waals surface area contributed by atoms with Crippen LogP contribution in [0.3, 0.4) is 0 Å². The van der Waals surface area contributed by atoms with Gasteiger partial charge in [0.25, 0.3) is 5.79 Å². The van der Waals surface area contributed by atoms with Crippen molar-refractivity contribution in [2.75, 3.05) is 0 Å². The second-order valence-corrected chi connectivity index (χ2v) is 2.93. The molecule has 0 saturated heterocycles. The van der Waals surface area contributed by atoms with E-state index < -0.39 is 11.6 Å². The van der Waals surface area contributed by atoms with Crippen LogP contribution in [0.2, 0.25) is 0 Å². The highest BCUT2D eigenvalue weighted by atomic mass is 16.6. The van der Waals surface area contributed by atoms with E-state index >= 15 is 0 Å². The Balaban J connectivity index is 3.08. The van der Waals surface area contributed by atoms with Crippen molar-refractivity contribution in [3.63, 3.8) is 0 Å². The zero-order valence-corrected chi connectivity index (χ0v) is 7.62. The zero-order valence-electron chi connectivity index (χ0n) is 7.62. The van der Waals surface area contributed by atoms with Crippen LogP contribution < -0.4 is 0 Å². The average Bonchev–Trinajstić information content (AvgIpc) is 2.19. The van der Waals surface area contributed by atoms with E-state index in [9.17, 15) is 20.4 Å². The van der Waals surface area contributed by atoms with Gasteiger partial charge in [-0.15, -0.1) is 0 Å². The van der Waals surface area contributed by atoms with Gasteiger partial charge in [-0.1, -0.05) is 6.92 Å². The maximum absolute atomic E-state index is 9.47. The van der Waals surface area contributed by atoms with E-state index in [0.717, 1.165) is 6.20 Å². The van der Waals surface area contributed by atoms with Crippen molar-refractivity contribution in [1.82, 2.24) is 9.97 Å². The fourth-order valence-electron chi connectivity index (χ4n) is 0.931. The van der Waals surface area contributed by atoms with Crippen molar-refractivity contribution in [3.8, 4) is 0 Å². The quantitative estimate of drug-likeness (QED) is 0.452. The molecule has 0 unspecified atom stereocenters. The smallest absolute Gasteiger partial charge is 0.264 e. The van der Waals surface area contributed by atoms with E-state index in [1.165, 1.54) is 19.3 Å². The van der Waals surface area contributed by atoms with Gasteiger partial charge in [0.15, 0.2) is 0 Å². The first kappa shape index (κ1) is 11.0. The Bertz CT molecular complexity index is 299. The lowest BCUT2D eigenvalue weighted by atomic mass is 10.0. The van der Waals surface area contributed by atoms with Crippen LogP contribution in [-0.2, 0) is 5.79 Å². The van der Waals surface area contributed by atoms with Crippen molar-refractivity contribution in [2.24, 2.45) is 0 Å². The van der Waals surface area contributed by atoms with Gasteiger partial charge in [0, 0.05) is 18.8 Å². The summed E-state index contributed by atoms with van der Waals surface area (Å²) in [7, 11) is 0. The normalized spacial score (nSPS) is 12.9. The predicted molar refractivity (Wildman–Crippen MR) is 45.6 cm³/mol. The minimum atomic E-state index is -2.82. The van der Waals surface area contributed by atoms with Gasteiger partial charge in [-0.2, -0.15) is 0 Å². The first-order chi connectivity index (χ1) is 6.42. The lowest BCUT2D eigenvalue weighted by molar-refractivity contribution is -0.368. The summed E-state index contributed by atoms with van der Waals surface area (Å²) in [4.78, 5) is 7.18. The highest BCUT2D eigenvalue weighted by Crippen LogP contribution is 2.28. The van der Waals surface area contributed by atoms with Crippen molar-refractivity contribution in [1.29, 1.82) is 0 Å². The largest absolute Gasteiger partial charge is 0.361 e. The standard InChI is InChI=1S/C8H12N2O4/c1-2-7(11,12)8(13,14)6-5-9-3-4-10-6/h3-5,11-14H,2H2,1H3. The molecule has 0 fully saturated rings. The van der Waals surface area contributed by atoms with Crippen LogP contribution in [-0.4, -0.2) is 36.2 Å². The van der Waals surface area contributed by atoms with E-state index in [0.29, 0.717) is 0 Å². The number of aromatic nitrogens is 2. The van der Waals surface area contributed by atoms with Gasteiger partial charge in [0.1, 0.15) is 5.69 Å². The molecule has 1 heterocycles. The van der Waals surface area contributed by atoms with Crippen LogP contribution in [0.15, 0.2) is 18.6 Å². The van der Waals surface area contributed by atoms with Crippen LogP contribution in [0.5, 0.6) is 0 Å². The van der Waals surface area contributed by atoms with E-state index in [1.54, 1.807) is 0 Å². The first-order valence-corrected chi connectivity index (χ1v) is 4.08. The molecule has 0 bridgehead atoms. The molecule has 0 amide bonds. The Morgan fingerprint density at radius 2 is 1.86 bits per heavy atom. The van der Waals surface area contributed by atoms with Gasteiger partial charge in [0.05, 0.1) is 6.20 Å². The fourth-order valence-corrected chi connectivity index (χ4v) is 0.931. The summed E-state index contributed by atoms with van der Waals surface area (Å²) in [5, 5.41) is 37.5. The molecule has 0 aliphatic heterocycles. The summed E-state index contributed by atoms with van der Waals surface area (Å²) in [5.41, 5.74) is -0.313. The summed E-state index contributed by atoms with van der Waals surface area (Å²) in [6, 6.07) is 0. The van der Waals surface area contributed by atoms with Crippen molar-refractivity contribution in [3.05, 3.63) is 24.3 Å². The van der Waals surface area contributed by atoms with Crippen LogP contribution in [0.25, 0.3) is 0 Å². The Morgan fingerprint density at radius 3 is 2.29 bits per heavy atom. The molecular formula is C8H12N2O4. The van der Waals surface area contributed by atoms with Crippen LogP contribution in [0, 0.1) is 0 Å². The van der Waals surface area contributed by atoms with Gasteiger partial charge in [-0.25, -0.2) is 0 Å². The summed E-state index contributed by atoms with van der Waals surface area (Å²) in [6.45, 7) is 1.40. The highest BCUT2D eigenvalue weighted by molar-refractivity contribution is 5.07. The highest BCUT2D eigenvalue weighted by Gasteiger charge is 2.48. The average molecular weight is 200 g/mol. The molecule has 1 aromatic rings. The van der Waals surface area contributed by atoms with Gasteiger partial charge in [0.2, 0.25) is 5.79 Å². The van der Waals surface area contributed by atoms with E-state index in [-0.39, 0.29) is 12.1 Å². The summed E-state index contributed by atoms with van der Waals surface area (Å²) >= 11 is 0. The monoisotopic (exact) mass is 200 g/mol. The van der Waals surface area contributed by atoms with Crippen molar-refractivity contribution < 1.29 is 20.4 Å². The molecule has 0 atom stereocenters. The third-order valence-electron chi connectivity index (χ3n) is 1.97. The number of aliphatic hydroxyl groups is 4. The number of hydrogen-bond acceptors (Lipinski definition) is 6. The summed E-state index contributed by atoms with van der Waals surface area (Å²) in [5.74, 6) is -5.47. The molecule has 0 spiro atoms. The van der Waals surface area contributed by atoms with Crippen LogP contribution >= 0.6 is 0 Å².